The van der Waals surface area contributed by atoms with Gasteiger partial charge < -0.3 is 5.11 Å². The van der Waals surface area contributed by atoms with Crippen LogP contribution in [-0.4, -0.2) is 11.2 Å². The van der Waals surface area contributed by atoms with Crippen LogP contribution >= 0.6 is 0 Å². The van der Waals surface area contributed by atoms with E-state index < -0.39 is 0 Å². The molecule has 0 saturated carbocycles. The highest BCUT2D eigenvalue weighted by molar-refractivity contribution is 4.94. The maximum atomic E-state index is 9.72. The zero-order chi connectivity index (χ0) is 8.81. The molecular formula is C11H20O. The van der Waals surface area contributed by atoms with Gasteiger partial charge in [-0.3, -0.25) is 0 Å². The van der Waals surface area contributed by atoms with Gasteiger partial charge in [-0.2, -0.15) is 0 Å². The molecule has 70 valence electrons. The molecule has 0 saturated heterocycles. The molecule has 2 atom stereocenters. The third kappa shape index (κ3) is 2.98. The van der Waals surface area contributed by atoms with Gasteiger partial charge in [-0.1, -0.05) is 31.9 Å². The van der Waals surface area contributed by atoms with Gasteiger partial charge in [-0.05, 0) is 25.7 Å². The van der Waals surface area contributed by atoms with Crippen LogP contribution in [0.3, 0.4) is 0 Å². The molecular weight excluding hydrogens is 148 g/mol. The molecule has 1 nitrogen and oxygen atoms in total. The van der Waals surface area contributed by atoms with Crippen LogP contribution in [0.5, 0.6) is 0 Å². The molecule has 1 rings (SSSR count). The average molecular weight is 168 g/mol. The Balaban J connectivity index is 2.35. The minimum absolute atomic E-state index is 0.0738. The zero-order valence-electron chi connectivity index (χ0n) is 8.00. The molecule has 1 aliphatic carbocycles. The number of rotatable bonds is 3. The lowest BCUT2D eigenvalue weighted by atomic mass is 9.94. The van der Waals surface area contributed by atoms with E-state index in [0.29, 0.717) is 5.92 Å². The Kier molecular flexibility index (Phi) is 4.37. The fraction of sp³-hybridized carbons (Fsp3) is 0.818. The molecule has 0 aromatic heterocycles. The highest BCUT2D eigenvalue weighted by Gasteiger charge is 2.16. The van der Waals surface area contributed by atoms with Crippen LogP contribution in [0.2, 0.25) is 0 Å². The number of aliphatic hydroxyl groups is 1. The molecule has 0 aromatic carbocycles. The molecule has 0 amide bonds. The molecule has 0 aromatic rings. The van der Waals surface area contributed by atoms with Crippen LogP contribution in [0.1, 0.15) is 45.4 Å². The second-order valence-corrected chi connectivity index (χ2v) is 3.73. The van der Waals surface area contributed by atoms with E-state index in [4.69, 9.17) is 0 Å². The summed E-state index contributed by atoms with van der Waals surface area (Å²) in [5.74, 6) is 0.437. The molecule has 0 bridgehead atoms. The zero-order valence-corrected chi connectivity index (χ0v) is 8.00. The van der Waals surface area contributed by atoms with Crippen LogP contribution in [0.4, 0.5) is 0 Å². The summed E-state index contributed by atoms with van der Waals surface area (Å²) >= 11 is 0. The molecule has 12 heavy (non-hydrogen) atoms. The standard InChI is InChI=1S/C11H20O/c1-2-3-7-10-8-5-4-6-9-11(10)12/h5,8,10-12H,2-4,6-7,9H2,1H3/t10-,11-/m1/s1. The Morgan fingerprint density at radius 2 is 2.33 bits per heavy atom. The molecule has 0 radical (unpaired) electrons. The highest BCUT2D eigenvalue weighted by atomic mass is 16.3. The second kappa shape index (κ2) is 5.36. The van der Waals surface area contributed by atoms with Crippen molar-refractivity contribution in [3.63, 3.8) is 0 Å². The van der Waals surface area contributed by atoms with Crippen molar-refractivity contribution in [2.45, 2.75) is 51.6 Å². The van der Waals surface area contributed by atoms with E-state index >= 15 is 0 Å². The summed E-state index contributed by atoms with van der Waals surface area (Å²) in [6, 6.07) is 0. The van der Waals surface area contributed by atoms with Crippen LogP contribution in [-0.2, 0) is 0 Å². The van der Waals surface area contributed by atoms with Crippen LogP contribution < -0.4 is 0 Å². The lowest BCUT2D eigenvalue weighted by Gasteiger charge is -2.17. The largest absolute Gasteiger partial charge is 0.393 e. The smallest absolute Gasteiger partial charge is 0.0602 e. The minimum atomic E-state index is -0.0738. The van der Waals surface area contributed by atoms with E-state index in [0.717, 1.165) is 25.7 Å². The topological polar surface area (TPSA) is 20.2 Å². The van der Waals surface area contributed by atoms with Crippen molar-refractivity contribution in [1.82, 2.24) is 0 Å². The maximum Gasteiger partial charge on any atom is 0.0602 e. The lowest BCUT2D eigenvalue weighted by molar-refractivity contribution is 0.116. The fourth-order valence-electron chi connectivity index (χ4n) is 1.79. The Bertz CT molecular complexity index is 140. The summed E-state index contributed by atoms with van der Waals surface area (Å²) in [6.45, 7) is 2.20. The van der Waals surface area contributed by atoms with Crippen molar-refractivity contribution >= 4 is 0 Å². The fourth-order valence-corrected chi connectivity index (χ4v) is 1.79. The number of unbranched alkanes of at least 4 members (excludes halogenated alkanes) is 1. The van der Waals surface area contributed by atoms with Crippen molar-refractivity contribution in [1.29, 1.82) is 0 Å². The van der Waals surface area contributed by atoms with E-state index in [9.17, 15) is 5.11 Å². The molecule has 0 spiro atoms. The quantitative estimate of drug-likeness (QED) is 0.642. The predicted octanol–water partition coefficient (Wildman–Crippen LogP) is 2.89. The Morgan fingerprint density at radius 1 is 1.50 bits per heavy atom. The van der Waals surface area contributed by atoms with Crippen molar-refractivity contribution in [3.05, 3.63) is 12.2 Å². The first-order chi connectivity index (χ1) is 5.84. The first-order valence-electron chi connectivity index (χ1n) is 5.19. The van der Waals surface area contributed by atoms with E-state index in [1.807, 2.05) is 0 Å². The van der Waals surface area contributed by atoms with Gasteiger partial charge in [0.2, 0.25) is 0 Å². The number of hydrogen-bond donors (Lipinski definition) is 1. The first-order valence-corrected chi connectivity index (χ1v) is 5.19. The highest BCUT2D eigenvalue weighted by Crippen LogP contribution is 2.22. The van der Waals surface area contributed by atoms with Crippen LogP contribution in [0.15, 0.2) is 12.2 Å². The molecule has 0 fully saturated rings. The number of aliphatic hydroxyl groups excluding tert-OH is 1. The Hall–Kier alpha value is -0.300. The van der Waals surface area contributed by atoms with Gasteiger partial charge in [0.15, 0.2) is 0 Å². The summed E-state index contributed by atoms with van der Waals surface area (Å²) in [4.78, 5) is 0. The third-order valence-electron chi connectivity index (χ3n) is 2.64. The molecule has 0 unspecified atom stereocenters. The van der Waals surface area contributed by atoms with Gasteiger partial charge in [-0.25, -0.2) is 0 Å². The van der Waals surface area contributed by atoms with Gasteiger partial charge in [0, 0.05) is 5.92 Å². The summed E-state index contributed by atoms with van der Waals surface area (Å²) in [6.07, 6.45) is 11.3. The van der Waals surface area contributed by atoms with Gasteiger partial charge >= 0.3 is 0 Å². The normalized spacial score (nSPS) is 30.2. The monoisotopic (exact) mass is 168 g/mol. The van der Waals surface area contributed by atoms with Gasteiger partial charge in [0.1, 0.15) is 0 Å². The third-order valence-corrected chi connectivity index (χ3v) is 2.64. The van der Waals surface area contributed by atoms with Crippen molar-refractivity contribution < 1.29 is 5.11 Å². The molecule has 1 N–H and O–H groups in total. The summed E-state index contributed by atoms with van der Waals surface area (Å²) in [5, 5.41) is 9.72. The van der Waals surface area contributed by atoms with Crippen LogP contribution in [0.25, 0.3) is 0 Å². The molecule has 0 heterocycles. The average Bonchev–Trinajstić information content (AvgIpc) is 2.27. The second-order valence-electron chi connectivity index (χ2n) is 3.73. The van der Waals surface area contributed by atoms with Crippen molar-refractivity contribution in [2.24, 2.45) is 5.92 Å². The molecule has 1 aliphatic rings. The minimum Gasteiger partial charge on any atom is -0.393 e. The van der Waals surface area contributed by atoms with E-state index in [2.05, 4.69) is 19.1 Å². The first kappa shape index (κ1) is 9.79. The molecule has 1 heteroatoms. The summed E-state index contributed by atoms with van der Waals surface area (Å²) in [5.41, 5.74) is 0. The van der Waals surface area contributed by atoms with Crippen molar-refractivity contribution in [3.8, 4) is 0 Å². The Labute approximate surface area is 75.5 Å². The van der Waals surface area contributed by atoms with Gasteiger partial charge in [-0.15, -0.1) is 0 Å². The van der Waals surface area contributed by atoms with E-state index in [1.165, 1.54) is 12.8 Å². The van der Waals surface area contributed by atoms with Crippen LogP contribution in [0, 0.1) is 5.92 Å². The van der Waals surface area contributed by atoms with Gasteiger partial charge in [0.25, 0.3) is 0 Å². The van der Waals surface area contributed by atoms with E-state index in [1.54, 1.807) is 0 Å². The van der Waals surface area contributed by atoms with E-state index in [-0.39, 0.29) is 6.10 Å². The predicted molar refractivity (Wildman–Crippen MR) is 52.0 cm³/mol. The van der Waals surface area contributed by atoms with Crippen molar-refractivity contribution in [2.75, 3.05) is 0 Å². The number of hydrogen-bond acceptors (Lipinski definition) is 1. The SMILES string of the molecule is CCCC[C@@H]1C=CCCC[C@H]1O. The Morgan fingerprint density at radius 3 is 3.08 bits per heavy atom. The summed E-state index contributed by atoms with van der Waals surface area (Å²) in [7, 11) is 0. The van der Waals surface area contributed by atoms with Gasteiger partial charge in [0.05, 0.1) is 6.10 Å². The number of allylic oxidation sites excluding steroid dienone is 1. The lowest BCUT2D eigenvalue weighted by Crippen LogP contribution is -2.17. The molecule has 0 aliphatic heterocycles. The summed E-state index contributed by atoms with van der Waals surface area (Å²) < 4.78 is 0. The maximum absolute atomic E-state index is 9.72.